The number of hydrogen-bond donors (Lipinski definition) is 1. The molecule has 1 saturated heterocycles. The summed E-state index contributed by atoms with van der Waals surface area (Å²) in [6, 6.07) is 18.3. The van der Waals surface area contributed by atoms with Crippen molar-refractivity contribution in [3.05, 3.63) is 66.0 Å². The summed E-state index contributed by atoms with van der Waals surface area (Å²) < 4.78 is 5.47. The van der Waals surface area contributed by atoms with E-state index in [0.717, 1.165) is 66.5 Å². The number of amides is 1. The van der Waals surface area contributed by atoms with Crippen molar-refractivity contribution in [1.82, 2.24) is 20.2 Å². The van der Waals surface area contributed by atoms with Crippen LogP contribution >= 0.6 is 11.8 Å². The number of thioether (sulfide) groups is 1. The van der Waals surface area contributed by atoms with Crippen molar-refractivity contribution < 1.29 is 9.53 Å². The van der Waals surface area contributed by atoms with Gasteiger partial charge >= 0.3 is 0 Å². The average Bonchev–Trinajstić information content (AvgIpc) is 3.62. The number of morpholine rings is 1. The zero-order chi connectivity index (χ0) is 21.0. The molecule has 1 aliphatic heterocycles. The molecule has 2 aliphatic rings. The van der Waals surface area contributed by atoms with Crippen molar-refractivity contribution in [2.24, 2.45) is 0 Å². The summed E-state index contributed by atoms with van der Waals surface area (Å²) in [6.07, 6.45) is 2.14. The number of carbonyl (C=O) groups excluding carboxylic acids is 1. The van der Waals surface area contributed by atoms with Gasteiger partial charge in [0.1, 0.15) is 16.1 Å². The predicted molar refractivity (Wildman–Crippen MR) is 122 cm³/mol. The van der Waals surface area contributed by atoms with E-state index >= 15 is 0 Å². The third-order valence-corrected chi connectivity index (χ3v) is 6.83. The highest BCUT2D eigenvalue weighted by molar-refractivity contribution is 8.00. The first-order valence-corrected chi connectivity index (χ1v) is 11.7. The summed E-state index contributed by atoms with van der Waals surface area (Å²) in [7, 11) is 0. The Hall–Kier alpha value is -2.48. The summed E-state index contributed by atoms with van der Waals surface area (Å²) in [6.45, 7) is 3.94. The maximum absolute atomic E-state index is 13.1. The molecule has 1 amide bonds. The molecule has 1 saturated carbocycles. The fourth-order valence-corrected chi connectivity index (χ4v) is 4.88. The lowest BCUT2D eigenvalue weighted by atomic mass is 10.1. The van der Waals surface area contributed by atoms with Crippen LogP contribution in [0.2, 0.25) is 0 Å². The number of benzene rings is 2. The van der Waals surface area contributed by atoms with Crippen molar-refractivity contribution in [3.63, 3.8) is 0 Å². The molecule has 2 heterocycles. The number of hydrogen-bond acceptors (Lipinski definition) is 6. The van der Waals surface area contributed by atoms with E-state index in [2.05, 4.69) is 10.2 Å². The van der Waals surface area contributed by atoms with Gasteiger partial charge in [-0.1, -0.05) is 60.3 Å². The van der Waals surface area contributed by atoms with Crippen LogP contribution in [0.3, 0.4) is 0 Å². The second-order valence-corrected chi connectivity index (χ2v) is 9.14. The smallest absolute Gasteiger partial charge is 0.238 e. The average molecular weight is 435 g/mol. The van der Waals surface area contributed by atoms with Crippen LogP contribution in [0.5, 0.6) is 0 Å². The second-order valence-electron chi connectivity index (χ2n) is 8.04. The molecule has 2 aromatic carbocycles. The topological polar surface area (TPSA) is 67.4 Å². The molecule has 160 valence electrons. The van der Waals surface area contributed by atoms with Crippen molar-refractivity contribution in [2.75, 3.05) is 26.3 Å². The Bertz CT molecular complexity index is 1050. The summed E-state index contributed by atoms with van der Waals surface area (Å²) in [4.78, 5) is 25.2. The molecule has 1 aliphatic carbocycles. The molecule has 31 heavy (non-hydrogen) atoms. The van der Waals surface area contributed by atoms with E-state index in [4.69, 9.17) is 14.7 Å². The molecule has 1 unspecified atom stereocenters. The number of para-hydroxylation sites is 1. The molecule has 1 N–H and O–H groups in total. The number of nitrogens with one attached hydrogen (secondary N) is 1. The van der Waals surface area contributed by atoms with Crippen LogP contribution in [0, 0.1) is 0 Å². The molecule has 1 atom stereocenters. The fraction of sp³-hybridized carbons (Fsp3) is 0.375. The second kappa shape index (κ2) is 9.34. The summed E-state index contributed by atoms with van der Waals surface area (Å²) in [5.41, 5.74) is 1.90. The summed E-state index contributed by atoms with van der Waals surface area (Å²) in [5, 5.41) is 4.67. The number of ether oxygens (including phenoxy) is 1. The number of rotatable bonds is 7. The molecule has 5 rings (SSSR count). The quantitative estimate of drug-likeness (QED) is 0.453. The molecular formula is C24H26N4O2S. The first kappa shape index (κ1) is 20.4. The lowest BCUT2D eigenvalue weighted by Crippen LogP contribution is -2.36. The molecule has 3 aromatic rings. The number of fused-ring (bicyclic) bond motifs is 1. The minimum absolute atomic E-state index is 0.0520. The molecule has 0 radical (unpaired) electrons. The van der Waals surface area contributed by atoms with E-state index < -0.39 is 0 Å². The van der Waals surface area contributed by atoms with Gasteiger partial charge in [0.2, 0.25) is 5.91 Å². The molecular weight excluding hydrogens is 408 g/mol. The van der Waals surface area contributed by atoms with Crippen LogP contribution in [0.4, 0.5) is 0 Å². The van der Waals surface area contributed by atoms with Gasteiger partial charge in [-0.2, -0.15) is 0 Å². The first-order valence-electron chi connectivity index (χ1n) is 10.8. The van der Waals surface area contributed by atoms with E-state index in [0.29, 0.717) is 12.6 Å². The van der Waals surface area contributed by atoms with Gasteiger partial charge in [-0.05, 0) is 24.5 Å². The van der Waals surface area contributed by atoms with Gasteiger partial charge in [0, 0.05) is 24.5 Å². The number of carbonyl (C=O) groups is 1. The molecule has 2 fully saturated rings. The van der Waals surface area contributed by atoms with Gasteiger partial charge in [-0.25, -0.2) is 9.97 Å². The zero-order valence-electron chi connectivity index (χ0n) is 17.4. The third-order valence-electron chi connectivity index (χ3n) is 5.58. The van der Waals surface area contributed by atoms with Gasteiger partial charge in [-0.15, -0.1) is 0 Å². The Balaban J connectivity index is 1.48. The standard InChI is InChI=1S/C24H26N4O2S/c29-23(25-18-10-11-18)22(17-6-2-1-3-7-17)31-24-19-8-4-5-9-20(19)26-21(27-24)16-28-12-14-30-15-13-28/h1-9,18,22H,10-16H2,(H,25,29). The zero-order valence-corrected chi connectivity index (χ0v) is 18.2. The minimum Gasteiger partial charge on any atom is -0.379 e. The first-order chi connectivity index (χ1) is 15.3. The molecule has 6 nitrogen and oxygen atoms in total. The lowest BCUT2D eigenvalue weighted by Gasteiger charge is -2.26. The molecule has 0 spiro atoms. The Morgan fingerprint density at radius 2 is 1.81 bits per heavy atom. The summed E-state index contributed by atoms with van der Waals surface area (Å²) >= 11 is 1.52. The highest BCUT2D eigenvalue weighted by atomic mass is 32.2. The third kappa shape index (κ3) is 5.06. The SMILES string of the molecule is O=C(NC1CC1)C(Sc1nc(CN2CCOCC2)nc2ccccc12)c1ccccc1. The van der Waals surface area contributed by atoms with Crippen molar-refractivity contribution in [2.45, 2.75) is 35.7 Å². The van der Waals surface area contributed by atoms with E-state index in [-0.39, 0.29) is 11.2 Å². The Morgan fingerprint density at radius 1 is 1.06 bits per heavy atom. The van der Waals surface area contributed by atoms with Crippen LogP contribution in [0.1, 0.15) is 29.5 Å². The highest BCUT2D eigenvalue weighted by Gasteiger charge is 2.30. The van der Waals surface area contributed by atoms with Gasteiger partial charge in [0.15, 0.2) is 0 Å². The van der Waals surface area contributed by atoms with E-state index in [1.807, 2.05) is 54.6 Å². The number of aromatic nitrogens is 2. The van der Waals surface area contributed by atoms with Crippen molar-refractivity contribution >= 4 is 28.6 Å². The van der Waals surface area contributed by atoms with Gasteiger partial charge < -0.3 is 10.1 Å². The van der Waals surface area contributed by atoms with Crippen LogP contribution in [0.25, 0.3) is 10.9 Å². The summed E-state index contributed by atoms with van der Waals surface area (Å²) in [5.74, 6) is 0.841. The normalized spacial score (nSPS) is 18.1. The van der Waals surface area contributed by atoms with Crippen LogP contribution < -0.4 is 5.32 Å². The largest absolute Gasteiger partial charge is 0.379 e. The lowest BCUT2D eigenvalue weighted by molar-refractivity contribution is -0.120. The van der Waals surface area contributed by atoms with E-state index in [1.165, 1.54) is 11.8 Å². The van der Waals surface area contributed by atoms with Crippen molar-refractivity contribution in [1.29, 1.82) is 0 Å². The van der Waals surface area contributed by atoms with Crippen LogP contribution in [-0.4, -0.2) is 53.1 Å². The maximum Gasteiger partial charge on any atom is 0.238 e. The highest BCUT2D eigenvalue weighted by Crippen LogP contribution is 2.38. The Morgan fingerprint density at radius 3 is 2.58 bits per heavy atom. The van der Waals surface area contributed by atoms with E-state index in [9.17, 15) is 4.79 Å². The Labute approximate surface area is 186 Å². The molecule has 1 aromatic heterocycles. The number of nitrogens with zero attached hydrogens (tertiary/aromatic N) is 3. The fourth-order valence-electron chi connectivity index (χ4n) is 3.73. The van der Waals surface area contributed by atoms with Crippen LogP contribution in [0.15, 0.2) is 59.6 Å². The predicted octanol–water partition coefficient (Wildman–Crippen LogP) is 3.57. The van der Waals surface area contributed by atoms with Crippen LogP contribution in [-0.2, 0) is 16.1 Å². The molecule has 7 heteroatoms. The van der Waals surface area contributed by atoms with Gasteiger partial charge in [0.25, 0.3) is 0 Å². The minimum atomic E-state index is -0.351. The van der Waals surface area contributed by atoms with Gasteiger partial charge in [0.05, 0.1) is 25.3 Å². The Kier molecular flexibility index (Phi) is 6.15. The van der Waals surface area contributed by atoms with Gasteiger partial charge in [-0.3, -0.25) is 9.69 Å². The molecule has 0 bridgehead atoms. The maximum atomic E-state index is 13.1. The van der Waals surface area contributed by atoms with E-state index in [1.54, 1.807) is 0 Å². The van der Waals surface area contributed by atoms with Crippen molar-refractivity contribution in [3.8, 4) is 0 Å². The monoisotopic (exact) mass is 434 g/mol.